The number of hydrogen-bond donors (Lipinski definition) is 3. The molecule has 0 saturated carbocycles. The quantitative estimate of drug-likeness (QED) is 0.339. The minimum Gasteiger partial charge on any atom is -0.480 e. The number of anilines is 3. The fourth-order valence-electron chi connectivity index (χ4n) is 4.08. The summed E-state index contributed by atoms with van der Waals surface area (Å²) in [6.45, 7) is 1.06. The van der Waals surface area contributed by atoms with Crippen LogP contribution in [0.5, 0.6) is 0 Å². The summed E-state index contributed by atoms with van der Waals surface area (Å²) in [7, 11) is 0. The van der Waals surface area contributed by atoms with Crippen LogP contribution in [0.2, 0.25) is 0 Å². The van der Waals surface area contributed by atoms with Gasteiger partial charge in [-0.05, 0) is 48.2 Å². The SMILES string of the molecule is N#CCC1CCN(c2nc(Nc3ccc(-c4nnn(CC(=O)O)n4)cc3)c3c(=O)[nH]ncc3n2)CC1. The lowest BCUT2D eigenvalue weighted by atomic mass is 9.94. The molecule has 1 fully saturated rings. The number of aromatic amines is 1. The molecule has 0 amide bonds. The van der Waals surface area contributed by atoms with Crippen LogP contribution in [0.15, 0.2) is 35.3 Å². The van der Waals surface area contributed by atoms with Crippen LogP contribution in [-0.2, 0) is 11.3 Å². The van der Waals surface area contributed by atoms with Crippen LogP contribution in [0, 0.1) is 17.2 Å². The van der Waals surface area contributed by atoms with Crippen LogP contribution < -0.4 is 15.8 Å². The number of tetrazole rings is 1. The second-order valence-electron chi connectivity index (χ2n) is 8.36. The monoisotopic (exact) mass is 487 g/mol. The van der Waals surface area contributed by atoms with Gasteiger partial charge in [-0.15, -0.1) is 10.2 Å². The predicted molar refractivity (Wildman–Crippen MR) is 127 cm³/mol. The average molecular weight is 487 g/mol. The summed E-state index contributed by atoms with van der Waals surface area (Å²) in [5, 5.41) is 39.3. The van der Waals surface area contributed by atoms with Gasteiger partial charge in [-0.25, -0.2) is 10.1 Å². The zero-order valence-corrected chi connectivity index (χ0v) is 19.0. The number of fused-ring (bicyclic) bond motifs is 1. The molecule has 3 N–H and O–H groups in total. The van der Waals surface area contributed by atoms with E-state index in [1.54, 1.807) is 24.3 Å². The molecule has 14 heteroatoms. The van der Waals surface area contributed by atoms with E-state index in [0.29, 0.717) is 46.7 Å². The second-order valence-corrected chi connectivity index (χ2v) is 8.36. The highest BCUT2D eigenvalue weighted by atomic mass is 16.4. The largest absolute Gasteiger partial charge is 0.480 e. The van der Waals surface area contributed by atoms with Crippen LogP contribution in [0.1, 0.15) is 19.3 Å². The van der Waals surface area contributed by atoms with Crippen molar-refractivity contribution in [3.05, 3.63) is 40.8 Å². The first-order valence-corrected chi connectivity index (χ1v) is 11.2. The minimum absolute atomic E-state index is 0.287. The number of aliphatic carboxylic acids is 1. The molecule has 0 spiro atoms. The van der Waals surface area contributed by atoms with Crippen molar-refractivity contribution in [1.29, 1.82) is 5.26 Å². The first kappa shape index (κ1) is 22.8. The number of H-pyrrole nitrogens is 1. The third-order valence-electron chi connectivity index (χ3n) is 5.92. The smallest absolute Gasteiger partial charge is 0.327 e. The number of rotatable bonds is 7. The van der Waals surface area contributed by atoms with Gasteiger partial charge in [0.25, 0.3) is 5.56 Å². The Morgan fingerprint density at radius 2 is 2.00 bits per heavy atom. The lowest BCUT2D eigenvalue weighted by molar-refractivity contribution is -0.138. The lowest BCUT2D eigenvalue weighted by Crippen LogP contribution is -2.35. The molecule has 5 rings (SSSR count). The molecule has 0 unspecified atom stereocenters. The van der Waals surface area contributed by atoms with Crippen molar-refractivity contribution in [3.63, 3.8) is 0 Å². The highest BCUT2D eigenvalue weighted by Crippen LogP contribution is 2.28. The average Bonchev–Trinajstić information content (AvgIpc) is 3.33. The van der Waals surface area contributed by atoms with E-state index < -0.39 is 11.5 Å². The predicted octanol–water partition coefficient (Wildman–Crippen LogP) is 1.32. The summed E-state index contributed by atoms with van der Waals surface area (Å²) < 4.78 is 0. The number of nitrogens with zero attached hydrogens (tertiary/aromatic N) is 9. The Kier molecular flexibility index (Phi) is 6.18. The van der Waals surface area contributed by atoms with Gasteiger partial charge >= 0.3 is 5.97 Å². The molecule has 36 heavy (non-hydrogen) atoms. The van der Waals surface area contributed by atoms with Crippen molar-refractivity contribution in [3.8, 4) is 17.5 Å². The van der Waals surface area contributed by atoms with E-state index in [-0.39, 0.29) is 11.9 Å². The van der Waals surface area contributed by atoms with Crippen LogP contribution in [0.25, 0.3) is 22.3 Å². The van der Waals surface area contributed by atoms with Gasteiger partial charge in [0, 0.05) is 30.8 Å². The maximum atomic E-state index is 12.6. The van der Waals surface area contributed by atoms with Crippen molar-refractivity contribution in [2.45, 2.75) is 25.8 Å². The number of hydrogen-bond acceptors (Lipinski definition) is 11. The van der Waals surface area contributed by atoms with Crippen LogP contribution in [0.4, 0.5) is 17.5 Å². The third kappa shape index (κ3) is 4.80. The van der Waals surface area contributed by atoms with E-state index >= 15 is 0 Å². The van der Waals surface area contributed by atoms with Gasteiger partial charge in [-0.3, -0.25) is 9.59 Å². The number of carboxylic acid groups (broad SMARTS) is 1. The summed E-state index contributed by atoms with van der Waals surface area (Å²) >= 11 is 0. The normalized spacial score (nSPS) is 14.0. The fourth-order valence-corrected chi connectivity index (χ4v) is 4.08. The molecule has 0 aliphatic carbocycles. The lowest BCUT2D eigenvalue weighted by Gasteiger charge is -2.31. The van der Waals surface area contributed by atoms with E-state index in [2.05, 4.69) is 51.9 Å². The molecule has 14 nitrogen and oxygen atoms in total. The number of aromatic nitrogens is 8. The molecule has 1 aromatic carbocycles. The molecule has 1 aliphatic heterocycles. The first-order valence-electron chi connectivity index (χ1n) is 11.2. The minimum atomic E-state index is -1.06. The Hall–Kier alpha value is -4.93. The molecule has 4 heterocycles. The topological polar surface area (TPSA) is 191 Å². The van der Waals surface area contributed by atoms with E-state index in [1.807, 2.05) is 0 Å². The molecular formula is C22H21N11O3. The van der Waals surface area contributed by atoms with E-state index in [1.165, 1.54) is 6.20 Å². The van der Waals surface area contributed by atoms with Gasteiger partial charge in [0.1, 0.15) is 16.7 Å². The Labute approximate surface area is 203 Å². The third-order valence-corrected chi connectivity index (χ3v) is 5.92. The summed E-state index contributed by atoms with van der Waals surface area (Å²) in [6.07, 6.45) is 3.78. The zero-order chi connectivity index (χ0) is 25.1. The Bertz CT molecular complexity index is 1500. The van der Waals surface area contributed by atoms with Crippen molar-refractivity contribution in [1.82, 2.24) is 40.4 Å². The van der Waals surface area contributed by atoms with Crippen LogP contribution >= 0.6 is 0 Å². The summed E-state index contributed by atoms with van der Waals surface area (Å²) in [5.41, 5.74) is 1.31. The standard InChI is InChI=1S/C22H21N11O3/c23-8-5-13-6-9-32(10-7-13)22-26-16-11-24-29-21(36)18(16)20(27-22)25-15-3-1-14(2-4-15)19-28-31-33(30-19)12-17(34)35/h1-4,11,13H,5-7,9-10,12H2,(H,29,36)(H,34,35)(H,25,26,27). The number of nitrogens with one attached hydrogen (secondary N) is 2. The molecule has 0 bridgehead atoms. The van der Waals surface area contributed by atoms with Gasteiger partial charge in [-0.1, -0.05) is 0 Å². The van der Waals surface area contributed by atoms with Crippen LogP contribution in [0.3, 0.4) is 0 Å². The molecular weight excluding hydrogens is 466 g/mol. The van der Waals surface area contributed by atoms with Gasteiger partial charge in [0.2, 0.25) is 11.8 Å². The Balaban J connectivity index is 1.41. The summed E-state index contributed by atoms with van der Waals surface area (Å²) in [6, 6.07) is 9.28. The van der Waals surface area contributed by atoms with E-state index in [9.17, 15) is 9.59 Å². The summed E-state index contributed by atoms with van der Waals surface area (Å²) in [4.78, 5) is 35.7. The highest BCUT2D eigenvalue weighted by Gasteiger charge is 2.23. The fraction of sp³-hybridized carbons (Fsp3) is 0.318. The molecule has 4 aromatic rings. The van der Waals surface area contributed by atoms with Crippen molar-refractivity contribution < 1.29 is 9.90 Å². The van der Waals surface area contributed by atoms with Crippen molar-refractivity contribution >= 4 is 34.3 Å². The molecule has 0 radical (unpaired) electrons. The van der Waals surface area contributed by atoms with Crippen LogP contribution in [-0.4, -0.2) is 64.5 Å². The van der Waals surface area contributed by atoms with Gasteiger partial charge in [0.15, 0.2) is 6.54 Å². The number of piperidine rings is 1. The number of benzene rings is 1. The number of carboxylic acids is 1. The zero-order valence-electron chi connectivity index (χ0n) is 19.0. The maximum Gasteiger partial charge on any atom is 0.327 e. The van der Waals surface area contributed by atoms with Crippen molar-refractivity contribution in [2.24, 2.45) is 5.92 Å². The second kappa shape index (κ2) is 9.74. The molecule has 3 aromatic heterocycles. The number of nitriles is 1. The molecule has 1 aliphatic rings. The molecule has 0 atom stereocenters. The Morgan fingerprint density at radius 1 is 1.22 bits per heavy atom. The highest BCUT2D eigenvalue weighted by molar-refractivity contribution is 5.90. The molecule has 1 saturated heterocycles. The first-order chi connectivity index (χ1) is 17.5. The van der Waals surface area contributed by atoms with Gasteiger partial charge < -0.3 is 15.3 Å². The molecule has 182 valence electrons. The van der Waals surface area contributed by atoms with E-state index in [4.69, 9.17) is 10.4 Å². The van der Waals surface area contributed by atoms with Crippen molar-refractivity contribution in [2.75, 3.05) is 23.3 Å². The van der Waals surface area contributed by atoms with Gasteiger partial charge in [0.05, 0.1) is 12.3 Å². The van der Waals surface area contributed by atoms with Gasteiger partial charge in [-0.2, -0.15) is 20.1 Å². The number of carbonyl (C=O) groups is 1. The maximum absolute atomic E-state index is 12.6. The Morgan fingerprint density at radius 3 is 2.72 bits per heavy atom. The summed E-state index contributed by atoms with van der Waals surface area (Å²) in [5.74, 6) is 0.429. The van der Waals surface area contributed by atoms with E-state index in [0.717, 1.165) is 30.7 Å².